The summed E-state index contributed by atoms with van der Waals surface area (Å²) in [7, 11) is -0.194. The molecule has 0 fully saturated rings. The second kappa shape index (κ2) is 9.43. The van der Waals surface area contributed by atoms with Crippen molar-refractivity contribution in [1.29, 1.82) is 0 Å². The van der Waals surface area contributed by atoms with Crippen molar-refractivity contribution in [2.45, 2.75) is 25.9 Å². The number of hydrogen-bond donors (Lipinski definition) is 3. The number of carbonyl (C=O) groups excluding carboxylic acids is 2. The maximum Gasteiger partial charge on any atom is 0.327 e. The molecule has 3 unspecified atom stereocenters. The van der Waals surface area contributed by atoms with Crippen molar-refractivity contribution in [1.82, 2.24) is 10.6 Å². The molecule has 0 heterocycles. The molecule has 3 N–H and O–H groups in total. The number of carbonyl (C=O) groups is 3. The molecule has 0 aliphatic rings. The van der Waals surface area contributed by atoms with E-state index in [1.165, 1.54) is 7.11 Å². The maximum atomic E-state index is 11.7. The van der Waals surface area contributed by atoms with E-state index in [4.69, 9.17) is 9.84 Å². The summed E-state index contributed by atoms with van der Waals surface area (Å²) in [6, 6.07) is -1.49. The smallest absolute Gasteiger partial charge is 0.327 e. The average Bonchev–Trinajstić information content (AvgIpc) is 2.26. The summed E-state index contributed by atoms with van der Waals surface area (Å²) in [5.74, 6) is -2.92. The Kier molecular flexibility index (Phi) is 8.73. The lowest BCUT2D eigenvalue weighted by atomic mass is 10.3. The third kappa shape index (κ3) is 8.59. The number of rotatable bonds is 9. The van der Waals surface area contributed by atoms with Gasteiger partial charge in [0, 0.05) is 30.9 Å². The lowest BCUT2D eigenvalue weighted by Crippen LogP contribution is -2.45. The van der Waals surface area contributed by atoms with Crippen LogP contribution in [0.25, 0.3) is 0 Å². The third-order valence-corrected chi connectivity index (χ3v) is 3.43. The van der Waals surface area contributed by atoms with Crippen molar-refractivity contribution in [3.8, 4) is 0 Å². The van der Waals surface area contributed by atoms with Gasteiger partial charge in [0.1, 0.15) is 11.8 Å². The van der Waals surface area contributed by atoms with Crippen LogP contribution >= 0.6 is 0 Å². The fourth-order valence-corrected chi connectivity index (χ4v) is 2.51. The number of carboxylic acid groups (broad SMARTS) is 1. The zero-order valence-electron chi connectivity index (χ0n) is 11.7. The molecule has 20 heavy (non-hydrogen) atoms. The Morgan fingerprint density at radius 1 is 1.30 bits per heavy atom. The van der Waals surface area contributed by atoms with Gasteiger partial charge in [0.05, 0.1) is 12.4 Å². The molecule has 0 aromatic rings. The first-order chi connectivity index (χ1) is 9.26. The molecule has 0 saturated carbocycles. The van der Waals surface area contributed by atoms with E-state index in [9.17, 15) is 18.6 Å². The molecular weight excluding hydrogens is 288 g/mol. The quantitative estimate of drug-likeness (QED) is 0.475. The Bertz CT molecular complexity index is 387. The fourth-order valence-electron chi connectivity index (χ4n) is 1.42. The molecule has 0 aliphatic carbocycles. The highest BCUT2D eigenvalue weighted by Crippen LogP contribution is 1.93. The highest BCUT2D eigenvalue weighted by molar-refractivity contribution is 7.85. The van der Waals surface area contributed by atoms with Gasteiger partial charge in [0.15, 0.2) is 0 Å². The average molecular weight is 308 g/mol. The molecule has 0 aliphatic heterocycles. The van der Waals surface area contributed by atoms with Crippen LogP contribution in [-0.2, 0) is 29.9 Å². The zero-order valence-corrected chi connectivity index (χ0v) is 12.5. The van der Waals surface area contributed by atoms with Gasteiger partial charge < -0.3 is 20.5 Å². The minimum absolute atomic E-state index is 0.227. The normalized spacial score (nSPS) is 14.9. The summed E-state index contributed by atoms with van der Waals surface area (Å²) in [6.07, 6.45) is 0. The van der Waals surface area contributed by atoms with Crippen LogP contribution in [0.2, 0.25) is 0 Å². The SMILES string of the molecule is COCC(C)NC(=O)CS(=O)CC(NC(C)=O)C(=O)O. The van der Waals surface area contributed by atoms with E-state index in [2.05, 4.69) is 10.6 Å². The lowest BCUT2D eigenvalue weighted by Gasteiger charge is -2.14. The molecule has 0 bridgehead atoms. The van der Waals surface area contributed by atoms with Gasteiger partial charge >= 0.3 is 5.97 Å². The molecule has 116 valence electrons. The Morgan fingerprint density at radius 2 is 1.90 bits per heavy atom. The largest absolute Gasteiger partial charge is 0.480 e. The van der Waals surface area contributed by atoms with E-state index in [-0.39, 0.29) is 17.5 Å². The van der Waals surface area contributed by atoms with Gasteiger partial charge in [0.25, 0.3) is 0 Å². The lowest BCUT2D eigenvalue weighted by molar-refractivity contribution is -0.140. The van der Waals surface area contributed by atoms with Crippen molar-refractivity contribution in [2.75, 3.05) is 25.2 Å². The molecule has 0 aromatic carbocycles. The van der Waals surface area contributed by atoms with Crippen LogP contribution in [0.1, 0.15) is 13.8 Å². The Labute approximate surface area is 119 Å². The minimum Gasteiger partial charge on any atom is -0.480 e. The summed E-state index contributed by atoms with van der Waals surface area (Å²) in [5, 5.41) is 13.6. The predicted octanol–water partition coefficient (Wildman–Crippen LogP) is -1.52. The highest BCUT2D eigenvalue weighted by Gasteiger charge is 2.22. The van der Waals surface area contributed by atoms with Gasteiger partial charge in [-0.1, -0.05) is 0 Å². The van der Waals surface area contributed by atoms with Crippen molar-refractivity contribution in [3.05, 3.63) is 0 Å². The molecule has 9 heteroatoms. The summed E-state index contributed by atoms with van der Waals surface area (Å²) >= 11 is 0. The van der Waals surface area contributed by atoms with E-state index >= 15 is 0 Å². The monoisotopic (exact) mass is 308 g/mol. The first-order valence-corrected chi connectivity index (χ1v) is 7.38. The number of methoxy groups -OCH3 is 1. The van der Waals surface area contributed by atoms with Crippen molar-refractivity contribution >= 4 is 28.6 Å². The van der Waals surface area contributed by atoms with Crippen LogP contribution in [0, 0.1) is 0 Å². The number of amides is 2. The van der Waals surface area contributed by atoms with Crippen LogP contribution in [0.5, 0.6) is 0 Å². The summed E-state index contributed by atoms with van der Waals surface area (Å²) in [4.78, 5) is 33.2. The van der Waals surface area contributed by atoms with Crippen LogP contribution in [-0.4, -0.2) is 64.4 Å². The van der Waals surface area contributed by atoms with Gasteiger partial charge in [-0.15, -0.1) is 0 Å². The van der Waals surface area contributed by atoms with Crippen LogP contribution in [0.4, 0.5) is 0 Å². The summed E-state index contributed by atoms with van der Waals surface area (Å²) in [5.41, 5.74) is 0. The third-order valence-electron chi connectivity index (χ3n) is 2.14. The van der Waals surface area contributed by atoms with Crippen LogP contribution < -0.4 is 10.6 Å². The van der Waals surface area contributed by atoms with Crippen molar-refractivity contribution in [3.63, 3.8) is 0 Å². The molecule has 2 amide bonds. The minimum atomic E-state index is -1.69. The van der Waals surface area contributed by atoms with Crippen LogP contribution in [0.15, 0.2) is 0 Å². The first kappa shape index (κ1) is 18.5. The van der Waals surface area contributed by atoms with E-state index in [0.29, 0.717) is 6.61 Å². The van der Waals surface area contributed by atoms with Gasteiger partial charge in [-0.05, 0) is 6.92 Å². The highest BCUT2D eigenvalue weighted by atomic mass is 32.2. The van der Waals surface area contributed by atoms with Gasteiger partial charge in [-0.3, -0.25) is 13.8 Å². The number of ether oxygens (including phenoxy) is 1. The van der Waals surface area contributed by atoms with E-state index in [1.54, 1.807) is 6.92 Å². The summed E-state index contributed by atoms with van der Waals surface area (Å²) in [6.45, 7) is 3.21. The molecule has 8 nitrogen and oxygen atoms in total. The first-order valence-electron chi connectivity index (χ1n) is 5.89. The van der Waals surface area contributed by atoms with Crippen LogP contribution in [0.3, 0.4) is 0 Å². The van der Waals surface area contributed by atoms with Crippen molar-refractivity contribution < 1.29 is 28.4 Å². The number of carboxylic acids is 1. The molecule has 0 rings (SSSR count). The van der Waals surface area contributed by atoms with E-state index < -0.39 is 34.6 Å². The predicted molar refractivity (Wildman–Crippen MR) is 72.6 cm³/mol. The topological polar surface area (TPSA) is 122 Å². The summed E-state index contributed by atoms with van der Waals surface area (Å²) < 4.78 is 16.5. The Hall–Kier alpha value is -1.48. The van der Waals surface area contributed by atoms with Gasteiger partial charge in [-0.2, -0.15) is 0 Å². The maximum absolute atomic E-state index is 11.7. The zero-order chi connectivity index (χ0) is 15.7. The standard InChI is InChI=1S/C11H20N2O6S/c1-7(4-19-3)12-10(15)6-20(18)5-9(11(16)17)13-8(2)14/h7,9H,4-6H2,1-3H3,(H,12,15)(H,13,14)(H,16,17). The van der Waals surface area contributed by atoms with Crippen molar-refractivity contribution in [2.24, 2.45) is 0 Å². The van der Waals surface area contributed by atoms with E-state index in [1.807, 2.05) is 0 Å². The Morgan fingerprint density at radius 3 is 2.35 bits per heavy atom. The fraction of sp³-hybridized carbons (Fsp3) is 0.727. The second-order valence-corrected chi connectivity index (χ2v) is 5.77. The number of nitrogens with one attached hydrogen (secondary N) is 2. The molecule has 0 saturated heterocycles. The number of aliphatic carboxylic acids is 1. The second-order valence-electron chi connectivity index (χ2n) is 4.27. The molecule has 0 spiro atoms. The van der Waals surface area contributed by atoms with E-state index in [0.717, 1.165) is 6.92 Å². The molecule has 0 radical (unpaired) electrons. The molecular formula is C11H20N2O6S. The van der Waals surface area contributed by atoms with Gasteiger partial charge in [0.2, 0.25) is 11.8 Å². The molecule has 3 atom stereocenters. The number of hydrogen-bond acceptors (Lipinski definition) is 5. The van der Waals surface area contributed by atoms with Gasteiger partial charge in [-0.25, -0.2) is 4.79 Å². The Balaban J connectivity index is 4.28. The molecule has 0 aromatic heterocycles.